The Labute approximate surface area is 93.5 Å². The van der Waals surface area contributed by atoms with Crippen LogP contribution < -0.4 is 0 Å². The fourth-order valence-corrected chi connectivity index (χ4v) is 3.73. The zero-order valence-electron chi connectivity index (χ0n) is 10.1. The van der Waals surface area contributed by atoms with Crippen LogP contribution in [0.2, 0.25) is 0 Å². The molecule has 0 aromatic carbocycles. The molecule has 0 aliphatic heterocycles. The molecule has 0 aromatic heterocycles. The van der Waals surface area contributed by atoms with Crippen LogP contribution in [0.15, 0.2) is 12.8 Å². The molecule has 0 bridgehead atoms. The van der Waals surface area contributed by atoms with Crippen LogP contribution in [0.5, 0.6) is 0 Å². The van der Waals surface area contributed by atoms with Crippen molar-refractivity contribution in [3.8, 4) is 0 Å². The SMILES string of the molecule is C=COC(C)[Si](OCC)(OCC)OCC. The summed E-state index contributed by atoms with van der Waals surface area (Å²) in [5.74, 6) is 0. The monoisotopic (exact) mass is 234 g/mol. The van der Waals surface area contributed by atoms with Crippen LogP contribution in [0.1, 0.15) is 27.7 Å². The van der Waals surface area contributed by atoms with Crippen LogP contribution in [0, 0.1) is 0 Å². The maximum absolute atomic E-state index is 5.65. The van der Waals surface area contributed by atoms with Crippen LogP contribution in [-0.2, 0) is 18.0 Å². The van der Waals surface area contributed by atoms with E-state index in [1.54, 1.807) is 0 Å². The quantitative estimate of drug-likeness (QED) is 0.452. The van der Waals surface area contributed by atoms with Crippen molar-refractivity contribution in [3.05, 3.63) is 12.8 Å². The van der Waals surface area contributed by atoms with E-state index in [9.17, 15) is 0 Å². The predicted molar refractivity (Wildman–Crippen MR) is 61.4 cm³/mol. The lowest BCUT2D eigenvalue weighted by atomic mass is 10.8. The lowest BCUT2D eigenvalue weighted by Crippen LogP contribution is -2.56. The first-order chi connectivity index (χ1) is 7.16. The third-order valence-electron chi connectivity index (χ3n) is 1.83. The summed E-state index contributed by atoms with van der Waals surface area (Å²) in [7, 11) is -2.71. The van der Waals surface area contributed by atoms with Crippen molar-refractivity contribution in [1.29, 1.82) is 0 Å². The van der Waals surface area contributed by atoms with E-state index in [2.05, 4.69) is 6.58 Å². The molecule has 0 saturated heterocycles. The zero-order valence-corrected chi connectivity index (χ0v) is 11.1. The Morgan fingerprint density at radius 1 is 1.07 bits per heavy atom. The molecule has 0 fully saturated rings. The summed E-state index contributed by atoms with van der Waals surface area (Å²) < 4.78 is 22.3. The fourth-order valence-electron chi connectivity index (χ4n) is 1.31. The maximum Gasteiger partial charge on any atom is 0.543 e. The zero-order chi connectivity index (χ0) is 11.7. The third-order valence-corrected chi connectivity index (χ3v) is 5.04. The summed E-state index contributed by atoms with van der Waals surface area (Å²) in [5, 5.41) is 0. The van der Waals surface area contributed by atoms with E-state index in [0.717, 1.165) is 0 Å². The van der Waals surface area contributed by atoms with Gasteiger partial charge in [0.25, 0.3) is 0 Å². The summed E-state index contributed by atoms with van der Waals surface area (Å²) in [5.41, 5.74) is -0.227. The fraction of sp³-hybridized carbons (Fsp3) is 0.800. The van der Waals surface area contributed by atoms with Crippen LogP contribution in [0.25, 0.3) is 0 Å². The van der Waals surface area contributed by atoms with Gasteiger partial charge in [-0.2, -0.15) is 0 Å². The van der Waals surface area contributed by atoms with Gasteiger partial charge in [-0.05, 0) is 27.7 Å². The number of ether oxygens (including phenoxy) is 1. The third kappa shape index (κ3) is 4.34. The van der Waals surface area contributed by atoms with Gasteiger partial charge < -0.3 is 18.0 Å². The predicted octanol–water partition coefficient (Wildman–Crippen LogP) is 2.12. The molecule has 0 aliphatic carbocycles. The normalized spacial score (nSPS) is 13.6. The molecule has 1 atom stereocenters. The highest BCUT2D eigenvalue weighted by Gasteiger charge is 2.48. The van der Waals surface area contributed by atoms with Gasteiger partial charge in [0.2, 0.25) is 0 Å². The molecule has 1 unspecified atom stereocenters. The topological polar surface area (TPSA) is 36.9 Å². The van der Waals surface area contributed by atoms with Crippen LogP contribution in [0.3, 0.4) is 0 Å². The van der Waals surface area contributed by atoms with Gasteiger partial charge in [-0.1, -0.05) is 6.58 Å². The van der Waals surface area contributed by atoms with E-state index in [1.807, 2.05) is 27.7 Å². The lowest BCUT2D eigenvalue weighted by Gasteiger charge is -2.32. The van der Waals surface area contributed by atoms with Crippen LogP contribution in [-0.4, -0.2) is 34.4 Å². The molecule has 0 heterocycles. The maximum atomic E-state index is 5.65. The molecule has 0 aromatic rings. The summed E-state index contributed by atoms with van der Waals surface area (Å²) in [4.78, 5) is 0. The standard InChI is InChI=1S/C10H22O4Si/c1-6-11-10(5)15(12-7-2,13-8-3)14-9-4/h6,10H,1,7-9H2,2-5H3. The van der Waals surface area contributed by atoms with Gasteiger partial charge in [-0.15, -0.1) is 0 Å². The highest BCUT2D eigenvalue weighted by molar-refractivity contribution is 6.62. The molecular formula is C10H22O4Si. The largest absolute Gasteiger partial charge is 0.543 e. The van der Waals surface area contributed by atoms with Gasteiger partial charge in [0.05, 0.1) is 6.26 Å². The second kappa shape index (κ2) is 7.87. The average Bonchev–Trinajstić information content (AvgIpc) is 2.19. The van der Waals surface area contributed by atoms with Gasteiger partial charge >= 0.3 is 8.80 Å². The van der Waals surface area contributed by atoms with Crippen LogP contribution in [0.4, 0.5) is 0 Å². The molecule has 15 heavy (non-hydrogen) atoms. The highest BCUT2D eigenvalue weighted by atomic mass is 28.4. The average molecular weight is 234 g/mol. The summed E-state index contributed by atoms with van der Waals surface area (Å²) in [6, 6.07) is 0. The van der Waals surface area contributed by atoms with E-state index in [1.165, 1.54) is 6.26 Å². The summed E-state index contributed by atoms with van der Waals surface area (Å²) >= 11 is 0. The van der Waals surface area contributed by atoms with E-state index in [4.69, 9.17) is 18.0 Å². The number of rotatable bonds is 9. The van der Waals surface area contributed by atoms with Gasteiger partial charge in [-0.25, -0.2) is 0 Å². The summed E-state index contributed by atoms with van der Waals surface area (Å²) in [6.45, 7) is 12.8. The first kappa shape index (κ1) is 14.6. The van der Waals surface area contributed by atoms with Crippen molar-refractivity contribution in [1.82, 2.24) is 0 Å². The van der Waals surface area contributed by atoms with E-state index in [-0.39, 0.29) is 5.73 Å². The Kier molecular flexibility index (Phi) is 7.68. The minimum Gasteiger partial charge on any atom is -0.494 e. The Hall–Kier alpha value is -0.363. The van der Waals surface area contributed by atoms with Crippen molar-refractivity contribution in [2.75, 3.05) is 19.8 Å². The first-order valence-corrected chi connectivity index (χ1v) is 7.15. The Balaban J connectivity index is 4.64. The van der Waals surface area contributed by atoms with Crippen LogP contribution >= 0.6 is 0 Å². The molecule has 5 heteroatoms. The van der Waals surface area contributed by atoms with E-state index >= 15 is 0 Å². The van der Waals surface area contributed by atoms with Crippen molar-refractivity contribution in [3.63, 3.8) is 0 Å². The Morgan fingerprint density at radius 2 is 1.47 bits per heavy atom. The second-order valence-electron chi connectivity index (χ2n) is 2.85. The molecule has 4 nitrogen and oxygen atoms in total. The van der Waals surface area contributed by atoms with Gasteiger partial charge in [0.1, 0.15) is 0 Å². The Morgan fingerprint density at radius 3 is 1.73 bits per heavy atom. The smallest absolute Gasteiger partial charge is 0.494 e. The molecule has 0 radical (unpaired) electrons. The molecule has 90 valence electrons. The molecule has 0 rings (SSSR count). The van der Waals surface area contributed by atoms with Crippen molar-refractivity contribution < 1.29 is 18.0 Å². The highest BCUT2D eigenvalue weighted by Crippen LogP contribution is 2.17. The van der Waals surface area contributed by atoms with E-state index < -0.39 is 8.80 Å². The van der Waals surface area contributed by atoms with E-state index in [0.29, 0.717) is 19.8 Å². The van der Waals surface area contributed by atoms with Gasteiger partial charge in [0.15, 0.2) is 5.73 Å². The minimum atomic E-state index is -2.71. The number of hydrogen-bond acceptors (Lipinski definition) is 4. The molecule has 0 aliphatic rings. The molecule has 0 spiro atoms. The number of hydrogen-bond donors (Lipinski definition) is 0. The van der Waals surface area contributed by atoms with Gasteiger partial charge in [0, 0.05) is 19.8 Å². The minimum absolute atomic E-state index is 0.227. The molecular weight excluding hydrogens is 212 g/mol. The van der Waals surface area contributed by atoms with Crippen molar-refractivity contribution in [2.45, 2.75) is 33.4 Å². The lowest BCUT2D eigenvalue weighted by molar-refractivity contribution is 0.0226. The molecule has 0 N–H and O–H groups in total. The second-order valence-corrected chi connectivity index (χ2v) is 5.73. The van der Waals surface area contributed by atoms with Crippen molar-refractivity contribution >= 4 is 8.80 Å². The Bertz CT molecular complexity index is 158. The summed E-state index contributed by atoms with van der Waals surface area (Å²) in [6.07, 6.45) is 1.39. The molecule has 0 saturated carbocycles. The first-order valence-electron chi connectivity index (χ1n) is 5.35. The van der Waals surface area contributed by atoms with Gasteiger partial charge in [-0.3, -0.25) is 0 Å². The molecule has 0 amide bonds. The van der Waals surface area contributed by atoms with Crippen molar-refractivity contribution in [2.24, 2.45) is 0 Å².